The summed E-state index contributed by atoms with van der Waals surface area (Å²) in [5, 5.41) is 38.4. The first-order chi connectivity index (χ1) is 22.5. The van der Waals surface area contributed by atoms with Crippen molar-refractivity contribution in [1.29, 1.82) is 0 Å². The highest BCUT2D eigenvalue weighted by Crippen LogP contribution is 2.13. The summed E-state index contributed by atoms with van der Waals surface area (Å²) in [4.78, 5) is 80.0. The van der Waals surface area contributed by atoms with Crippen LogP contribution in [-0.4, -0.2) is 100 Å². The molecule has 15 N–H and O–H groups in total. The molecule has 0 aliphatic rings. The van der Waals surface area contributed by atoms with Crippen LogP contribution in [0.4, 0.5) is 0 Å². The number of rotatable bonds is 22. The number of aliphatic carboxylic acids is 2. The van der Waals surface area contributed by atoms with Crippen molar-refractivity contribution < 1.29 is 44.1 Å². The van der Waals surface area contributed by atoms with Crippen LogP contribution in [0, 0.1) is 5.92 Å². The SMILES string of the molecule is CC(C)[C@@H](NC(=O)[C@@H](CC(=O)O)NC(=O)[C@@H](CCCCN)NC(=O)[C@@H](N)CCCN=C(N)N)C(=O)N[C@H](Cc1ccc(O)cc1)C(=O)O. The van der Waals surface area contributed by atoms with Gasteiger partial charge in [0.05, 0.1) is 12.5 Å². The van der Waals surface area contributed by atoms with Crippen molar-refractivity contribution in [1.82, 2.24) is 21.3 Å². The van der Waals surface area contributed by atoms with E-state index in [0.717, 1.165) is 0 Å². The number of guanidine groups is 1. The molecule has 0 radical (unpaired) electrons. The van der Waals surface area contributed by atoms with Gasteiger partial charge < -0.3 is 59.5 Å². The molecule has 268 valence electrons. The van der Waals surface area contributed by atoms with Crippen molar-refractivity contribution in [2.24, 2.45) is 33.8 Å². The summed E-state index contributed by atoms with van der Waals surface area (Å²) < 4.78 is 0. The van der Waals surface area contributed by atoms with Gasteiger partial charge in [0.25, 0.3) is 0 Å². The summed E-state index contributed by atoms with van der Waals surface area (Å²) in [7, 11) is 0. The first-order valence-corrected chi connectivity index (χ1v) is 15.5. The Balaban J connectivity index is 3.07. The molecule has 0 unspecified atom stereocenters. The number of nitrogens with two attached hydrogens (primary N) is 4. The lowest BCUT2D eigenvalue weighted by Crippen LogP contribution is -2.59. The third kappa shape index (κ3) is 15.5. The molecule has 0 fully saturated rings. The zero-order valence-corrected chi connectivity index (χ0v) is 27.2. The van der Waals surface area contributed by atoms with E-state index in [2.05, 4.69) is 26.3 Å². The van der Waals surface area contributed by atoms with Gasteiger partial charge in [0, 0.05) is 13.0 Å². The number of carbonyl (C=O) groups excluding carboxylic acids is 4. The smallest absolute Gasteiger partial charge is 0.326 e. The van der Waals surface area contributed by atoms with Crippen molar-refractivity contribution >= 4 is 41.5 Å². The van der Waals surface area contributed by atoms with Crippen LogP contribution < -0.4 is 44.2 Å². The highest BCUT2D eigenvalue weighted by Gasteiger charge is 2.34. The van der Waals surface area contributed by atoms with E-state index < -0.39 is 78.1 Å². The van der Waals surface area contributed by atoms with Gasteiger partial charge in [-0.05, 0) is 62.3 Å². The normalized spacial score (nSPS) is 14.0. The minimum absolute atomic E-state index is 0.0240. The maximum atomic E-state index is 13.3. The number of unbranched alkanes of at least 4 members (excludes halogenated alkanes) is 1. The molecule has 0 aliphatic heterocycles. The Bertz CT molecular complexity index is 1270. The topological polar surface area (TPSA) is 328 Å². The Hall–Kier alpha value is -4.97. The molecule has 0 bridgehead atoms. The number of benzene rings is 1. The molecule has 18 heteroatoms. The van der Waals surface area contributed by atoms with Crippen LogP contribution in [0.5, 0.6) is 5.75 Å². The lowest BCUT2D eigenvalue weighted by molar-refractivity contribution is -0.143. The maximum Gasteiger partial charge on any atom is 0.326 e. The van der Waals surface area contributed by atoms with E-state index >= 15 is 0 Å². The van der Waals surface area contributed by atoms with Gasteiger partial charge in [-0.1, -0.05) is 26.0 Å². The number of carboxylic acids is 2. The number of amides is 4. The molecule has 4 amide bonds. The van der Waals surface area contributed by atoms with Crippen LogP contribution in [0.3, 0.4) is 0 Å². The fraction of sp³-hybridized carbons (Fsp3) is 0.567. The van der Waals surface area contributed by atoms with E-state index in [0.29, 0.717) is 31.4 Å². The second-order valence-corrected chi connectivity index (χ2v) is 11.6. The minimum atomic E-state index is -1.67. The fourth-order valence-corrected chi connectivity index (χ4v) is 4.47. The third-order valence-corrected chi connectivity index (χ3v) is 7.13. The molecule has 18 nitrogen and oxygen atoms in total. The number of aliphatic imine (C=N–C) groups is 1. The molecule has 1 rings (SSSR count). The van der Waals surface area contributed by atoms with Gasteiger partial charge in [-0.25, -0.2) is 4.79 Å². The molecular formula is C30H49N9O9. The van der Waals surface area contributed by atoms with E-state index in [1.807, 2.05) is 0 Å². The molecule has 0 saturated heterocycles. The van der Waals surface area contributed by atoms with E-state index in [9.17, 15) is 44.1 Å². The Morgan fingerprint density at radius 2 is 1.35 bits per heavy atom. The van der Waals surface area contributed by atoms with Crippen molar-refractivity contribution in [3.8, 4) is 5.75 Å². The molecule has 0 spiro atoms. The number of carboxylic acid groups (broad SMARTS) is 2. The minimum Gasteiger partial charge on any atom is -0.508 e. The summed E-state index contributed by atoms with van der Waals surface area (Å²) in [5.74, 6) is -6.91. The number of nitrogens with one attached hydrogen (secondary N) is 4. The van der Waals surface area contributed by atoms with Gasteiger partial charge in [-0.2, -0.15) is 0 Å². The van der Waals surface area contributed by atoms with Crippen LogP contribution in [0.2, 0.25) is 0 Å². The molecule has 1 aromatic rings. The number of carbonyl (C=O) groups is 6. The lowest BCUT2D eigenvalue weighted by Gasteiger charge is -2.27. The summed E-state index contributed by atoms with van der Waals surface area (Å²) in [5.41, 5.74) is 22.6. The van der Waals surface area contributed by atoms with Crippen LogP contribution in [0.25, 0.3) is 0 Å². The number of hydrogen-bond acceptors (Lipinski definition) is 10. The van der Waals surface area contributed by atoms with Gasteiger partial charge in [-0.3, -0.25) is 29.0 Å². The maximum absolute atomic E-state index is 13.3. The summed E-state index contributed by atoms with van der Waals surface area (Å²) in [6.45, 7) is 3.71. The van der Waals surface area contributed by atoms with Crippen molar-refractivity contribution in [3.05, 3.63) is 29.8 Å². The van der Waals surface area contributed by atoms with Crippen LogP contribution in [-0.2, 0) is 35.2 Å². The van der Waals surface area contributed by atoms with Gasteiger partial charge >= 0.3 is 11.9 Å². The largest absolute Gasteiger partial charge is 0.508 e. The monoisotopic (exact) mass is 679 g/mol. The molecule has 48 heavy (non-hydrogen) atoms. The summed E-state index contributed by atoms with van der Waals surface area (Å²) >= 11 is 0. The summed E-state index contributed by atoms with van der Waals surface area (Å²) in [6.07, 6.45) is 0.608. The quantitative estimate of drug-likeness (QED) is 0.0346. The number of phenols is 1. The van der Waals surface area contributed by atoms with E-state index in [-0.39, 0.29) is 37.5 Å². The summed E-state index contributed by atoms with van der Waals surface area (Å²) in [6, 6.07) is -0.880. The standard InChI is InChI=1S/C30H49N9O9/c1-16(2)24(28(46)38-22(29(47)48)14-17-8-10-18(40)11-9-17)39-27(45)21(15-23(41)42)37-26(44)20(7-3-4-12-31)36-25(43)19(32)6-5-13-35-30(33)34/h8-11,16,19-22,24,40H,3-7,12-15,31-32H2,1-2H3,(H,36,43)(H,37,44)(H,38,46)(H,39,45)(H,41,42)(H,47,48)(H4,33,34,35)/t19-,20+,21+,22+,24+/m0/s1. The second kappa shape index (κ2) is 21.0. The third-order valence-electron chi connectivity index (χ3n) is 7.13. The van der Waals surface area contributed by atoms with E-state index in [1.165, 1.54) is 24.3 Å². The number of aromatic hydroxyl groups is 1. The predicted molar refractivity (Wildman–Crippen MR) is 175 cm³/mol. The van der Waals surface area contributed by atoms with Crippen molar-refractivity contribution in [3.63, 3.8) is 0 Å². The average molecular weight is 680 g/mol. The average Bonchev–Trinajstić information content (AvgIpc) is 3.00. The van der Waals surface area contributed by atoms with Crippen molar-refractivity contribution in [2.75, 3.05) is 13.1 Å². The van der Waals surface area contributed by atoms with E-state index in [4.69, 9.17) is 22.9 Å². The first-order valence-electron chi connectivity index (χ1n) is 15.5. The molecular weight excluding hydrogens is 630 g/mol. The number of hydrogen-bond donors (Lipinski definition) is 11. The second-order valence-electron chi connectivity index (χ2n) is 11.6. The van der Waals surface area contributed by atoms with Gasteiger partial charge in [-0.15, -0.1) is 0 Å². The van der Waals surface area contributed by atoms with Crippen LogP contribution in [0.15, 0.2) is 29.3 Å². The Labute approximate surface area is 278 Å². The molecule has 0 heterocycles. The molecule has 1 aromatic carbocycles. The molecule has 0 aromatic heterocycles. The Morgan fingerprint density at radius 1 is 0.771 bits per heavy atom. The highest BCUT2D eigenvalue weighted by molar-refractivity contribution is 5.96. The van der Waals surface area contributed by atoms with Crippen LogP contribution in [0.1, 0.15) is 57.9 Å². The van der Waals surface area contributed by atoms with E-state index in [1.54, 1.807) is 13.8 Å². The highest BCUT2D eigenvalue weighted by atomic mass is 16.4. The number of nitrogens with zero attached hydrogens (tertiary/aromatic N) is 1. The molecule has 0 saturated carbocycles. The predicted octanol–water partition coefficient (Wildman–Crippen LogP) is -2.40. The first kappa shape index (κ1) is 41.1. The van der Waals surface area contributed by atoms with Crippen molar-refractivity contribution in [2.45, 2.75) is 89.0 Å². The number of phenolic OH excluding ortho intramolecular Hbond substituents is 1. The lowest BCUT2D eigenvalue weighted by atomic mass is 10.0. The van der Waals surface area contributed by atoms with Crippen LogP contribution >= 0.6 is 0 Å². The molecule has 5 atom stereocenters. The zero-order valence-electron chi connectivity index (χ0n) is 27.2. The zero-order chi connectivity index (χ0) is 36.4. The van der Waals surface area contributed by atoms with Gasteiger partial charge in [0.2, 0.25) is 23.6 Å². The molecule has 0 aliphatic carbocycles. The van der Waals surface area contributed by atoms with Gasteiger partial charge in [0.1, 0.15) is 29.9 Å². The van der Waals surface area contributed by atoms with Gasteiger partial charge in [0.15, 0.2) is 5.96 Å². The Morgan fingerprint density at radius 3 is 1.90 bits per heavy atom. The Kier molecular flexibility index (Phi) is 18.0. The fourth-order valence-electron chi connectivity index (χ4n) is 4.47.